The Kier molecular flexibility index (Phi) is 5.33. The van der Waals surface area contributed by atoms with E-state index in [1.54, 1.807) is 12.1 Å². The molecule has 0 bridgehead atoms. The zero-order valence-corrected chi connectivity index (χ0v) is 16.1. The predicted molar refractivity (Wildman–Crippen MR) is 105 cm³/mol. The summed E-state index contributed by atoms with van der Waals surface area (Å²) in [4.78, 5) is 12.2. The van der Waals surface area contributed by atoms with Crippen molar-refractivity contribution in [2.24, 2.45) is 4.40 Å². The second-order valence-corrected chi connectivity index (χ2v) is 8.58. The van der Waals surface area contributed by atoms with Gasteiger partial charge >= 0.3 is 0 Å². The van der Waals surface area contributed by atoms with Gasteiger partial charge in [0.1, 0.15) is 4.90 Å². The molecule has 1 aliphatic heterocycles. The summed E-state index contributed by atoms with van der Waals surface area (Å²) in [5, 5.41) is 6.00. The Morgan fingerprint density at radius 2 is 1.81 bits per heavy atom. The van der Waals surface area contributed by atoms with Crippen molar-refractivity contribution in [3.8, 4) is 0 Å². The number of anilines is 1. The fourth-order valence-electron chi connectivity index (χ4n) is 2.42. The third-order valence-corrected chi connectivity index (χ3v) is 6.13. The van der Waals surface area contributed by atoms with Gasteiger partial charge in [-0.15, -0.1) is 4.40 Å². The standard InChI is InChI=1S/C18H19N3O3S2/c1-12-3-6-14(7-4-12)10-19-17(22)11-25-18-20-15-9-13(2)5-8-16(15)26(23,24)21-18/h3-9H,10-11H2,1-2H3,(H,19,22)(H,20,21). The number of fused-ring (bicyclic) bond motifs is 1. The molecular weight excluding hydrogens is 370 g/mol. The van der Waals surface area contributed by atoms with Crippen LogP contribution in [0, 0.1) is 13.8 Å². The fourth-order valence-corrected chi connectivity index (χ4v) is 4.46. The maximum Gasteiger partial charge on any atom is 0.286 e. The van der Waals surface area contributed by atoms with Crippen LogP contribution in [0.15, 0.2) is 51.8 Å². The first-order chi connectivity index (χ1) is 12.3. The molecule has 0 unspecified atom stereocenters. The number of thioether (sulfide) groups is 1. The van der Waals surface area contributed by atoms with Crippen molar-refractivity contribution in [2.45, 2.75) is 25.3 Å². The Labute approximate surface area is 157 Å². The van der Waals surface area contributed by atoms with Crippen LogP contribution < -0.4 is 10.6 Å². The van der Waals surface area contributed by atoms with Crippen molar-refractivity contribution in [3.05, 3.63) is 59.2 Å². The third kappa shape index (κ3) is 4.44. The summed E-state index contributed by atoms with van der Waals surface area (Å²) >= 11 is 1.06. The SMILES string of the molecule is Cc1ccc(CNC(=O)CSC2=NS(=O)(=O)c3ccc(C)cc3N2)cc1. The van der Waals surface area contributed by atoms with Gasteiger partial charge in [0, 0.05) is 6.54 Å². The van der Waals surface area contributed by atoms with E-state index in [-0.39, 0.29) is 21.7 Å². The monoisotopic (exact) mass is 389 g/mol. The molecule has 1 heterocycles. The molecule has 1 amide bonds. The van der Waals surface area contributed by atoms with E-state index in [4.69, 9.17) is 0 Å². The molecule has 0 radical (unpaired) electrons. The number of benzene rings is 2. The van der Waals surface area contributed by atoms with Crippen LogP contribution >= 0.6 is 11.8 Å². The van der Waals surface area contributed by atoms with Crippen molar-refractivity contribution in [1.29, 1.82) is 0 Å². The largest absolute Gasteiger partial charge is 0.351 e. The molecule has 2 N–H and O–H groups in total. The molecular formula is C18H19N3O3S2. The molecule has 0 saturated heterocycles. The lowest BCUT2D eigenvalue weighted by molar-refractivity contribution is -0.118. The number of aryl methyl sites for hydroxylation is 2. The number of sulfonamides is 1. The van der Waals surface area contributed by atoms with Gasteiger partial charge in [-0.2, -0.15) is 8.42 Å². The van der Waals surface area contributed by atoms with Gasteiger partial charge in [-0.25, -0.2) is 0 Å². The van der Waals surface area contributed by atoms with Crippen LogP contribution in [0.2, 0.25) is 0 Å². The van der Waals surface area contributed by atoms with Crippen molar-refractivity contribution in [2.75, 3.05) is 11.1 Å². The zero-order chi connectivity index (χ0) is 18.7. The van der Waals surface area contributed by atoms with E-state index in [1.807, 2.05) is 38.1 Å². The van der Waals surface area contributed by atoms with Crippen LogP contribution in [-0.2, 0) is 21.4 Å². The molecule has 0 fully saturated rings. The summed E-state index contributed by atoms with van der Waals surface area (Å²) in [6, 6.07) is 12.9. The van der Waals surface area contributed by atoms with E-state index >= 15 is 0 Å². The quantitative estimate of drug-likeness (QED) is 0.840. The molecule has 2 aromatic carbocycles. The second kappa shape index (κ2) is 7.51. The summed E-state index contributed by atoms with van der Waals surface area (Å²) in [6.45, 7) is 4.32. The van der Waals surface area contributed by atoms with Gasteiger partial charge in [0.2, 0.25) is 5.91 Å². The van der Waals surface area contributed by atoms with Crippen molar-refractivity contribution >= 4 is 38.5 Å². The highest BCUT2D eigenvalue weighted by atomic mass is 32.2. The lowest BCUT2D eigenvalue weighted by Gasteiger charge is -2.18. The summed E-state index contributed by atoms with van der Waals surface area (Å²) in [6.07, 6.45) is 0. The molecule has 0 spiro atoms. The molecule has 26 heavy (non-hydrogen) atoms. The Morgan fingerprint density at radius 3 is 2.54 bits per heavy atom. The molecule has 0 atom stereocenters. The molecule has 136 valence electrons. The third-order valence-electron chi connectivity index (χ3n) is 3.81. The van der Waals surface area contributed by atoms with Crippen LogP contribution in [0.4, 0.5) is 5.69 Å². The van der Waals surface area contributed by atoms with Crippen molar-refractivity contribution < 1.29 is 13.2 Å². The van der Waals surface area contributed by atoms with E-state index in [1.165, 1.54) is 6.07 Å². The van der Waals surface area contributed by atoms with Crippen LogP contribution in [0.3, 0.4) is 0 Å². The van der Waals surface area contributed by atoms with Crippen LogP contribution in [-0.4, -0.2) is 25.2 Å². The highest BCUT2D eigenvalue weighted by Crippen LogP contribution is 2.30. The normalized spacial score (nSPS) is 14.8. The zero-order valence-electron chi connectivity index (χ0n) is 14.4. The lowest BCUT2D eigenvalue weighted by atomic mass is 10.1. The number of amidine groups is 1. The number of carbonyl (C=O) groups excluding carboxylic acids is 1. The Balaban J connectivity index is 1.58. The first-order valence-corrected chi connectivity index (χ1v) is 10.4. The Morgan fingerprint density at radius 1 is 1.12 bits per heavy atom. The number of hydrogen-bond donors (Lipinski definition) is 2. The molecule has 0 saturated carbocycles. The molecule has 3 rings (SSSR count). The first kappa shape index (κ1) is 18.5. The number of amides is 1. The van der Waals surface area contributed by atoms with Gasteiger partial charge in [0.15, 0.2) is 5.17 Å². The fraction of sp³-hybridized carbons (Fsp3) is 0.222. The molecule has 8 heteroatoms. The number of nitrogens with zero attached hydrogens (tertiary/aromatic N) is 1. The molecule has 0 aliphatic carbocycles. The molecule has 1 aliphatic rings. The molecule has 6 nitrogen and oxygen atoms in total. The summed E-state index contributed by atoms with van der Waals surface area (Å²) in [5.41, 5.74) is 3.60. The highest BCUT2D eigenvalue weighted by Gasteiger charge is 2.25. The van der Waals surface area contributed by atoms with E-state index in [9.17, 15) is 13.2 Å². The summed E-state index contributed by atoms with van der Waals surface area (Å²) in [5.74, 6) is -0.110. The van der Waals surface area contributed by atoms with Gasteiger partial charge in [-0.3, -0.25) is 4.79 Å². The van der Waals surface area contributed by atoms with E-state index in [0.29, 0.717) is 12.2 Å². The van der Waals surface area contributed by atoms with E-state index in [0.717, 1.165) is 28.5 Å². The lowest BCUT2D eigenvalue weighted by Crippen LogP contribution is -2.27. The maximum absolute atomic E-state index is 12.2. The van der Waals surface area contributed by atoms with Gasteiger partial charge in [-0.05, 0) is 37.1 Å². The number of rotatable bonds is 4. The van der Waals surface area contributed by atoms with Crippen LogP contribution in [0.25, 0.3) is 0 Å². The second-order valence-electron chi connectivity index (χ2n) is 6.05. The number of carbonyl (C=O) groups is 1. The smallest absolute Gasteiger partial charge is 0.286 e. The highest BCUT2D eigenvalue weighted by molar-refractivity contribution is 8.15. The van der Waals surface area contributed by atoms with E-state index in [2.05, 4.69) is 15.0 Å². The average Bonchev–Trinajstić information content (AvgIpc) is 2.58. The minimum absolute atomic E-state index is 0.0777. The topological polar surface area (TPSA) is 87.6 Å². The number of nitrogens with one attached hydrogen (secondary N) is 2. The van der Waals surface area contributed by atoms with Crippen LogP contribution in [0.1, 0.15) is 16.7 Å². The summed E-state index contributed by atoms with van der Waals surface area (Å²) < 4.78 is 28.2. The Bertz CT molecular complexity index is 968. The van der Waals surface area contributed by atoms with Gasteiger partial charge in [0.05, 0.1) is 11.4 Å². The minimum atomic E-state index is -3.74. The van der Waals surface area contributed by atoms with Gasteiger partial charge in [0.25, 0.3) is 10.0 Å². The summed E-state index contributed by atoms with van der Waals surface area (Å²) in [7, 11) is -3.74. The first-order valence-electron chi connectivity index (χ1n) is 8.01. The van der Waals surface area contributed by atoms with Crippen molar-refractivity contribution in [1.82, 2.24) is 5.32 Å². The minimum Gasteiger partial charge on any atom is -0.351 e. The van der Waals surface area contributed by atoms with E-state index < -0.39 is 10.0 Å². The molecule has 2 aromatic rings. The van der Waals surface area contributed by atoms with Gasteiger partial charge < -0.3 is 10.6 Å². The number of hydrogen-bond acceptors (Lipinski definition) is 5. The Hall–Kier alpha value is -2.32. The maximum atomic E-state index is 12.2. The van der Waals surface area contributed by atoms with Gasteiger partial charge in [-0.1, -0.05) is 47.7 Å². The average molecular weight is 390 g/mol. The van der Waals surface area contributed by atoms with Crippen molar-refractivity contribution in [3.63, 3.8) is 0 Å². The van der Waals surface area contributed by atoms with Crippen LogP contribution in [0.5, 0.6) is 0 Å². The predicted octanol–water partition coefficient (Wildman–Crippen LogP) is 2.82. The molecule has 0 aromatic heterocycles.